The van der Waals surface area contributed by atoms with Crippen LogP contribution in [0.1, 0.15) is 19.3 Å². The molecule has 260 valence electrons. The number of carbonyl (C=O) groups is 2. The van der Waals surface area contributed by atoms with Crippen LogP contribution in [0.3, 0.4) is 0 Å². The minimum Gasteiger partial charge on any atom is -0.493 e. The Bertz CT molecular complexity index is 1720. The van der Waals surface area contributed by atoms with E-state index in [0.29, 0.717) is 140 Å². The summed E-state index contributed by atoms with van der Waals surface area (Å²) in [6.07, 6.45) is 1.11. The van der Waals surface area contributed by atoms with Gasteiger partial charge in [0.05, 0.1) is 39.5 Å². The fourth-order valence-corrected chi connectivity index (χ4v) is 6.23. The number of hydrogen-bond donors (Lipinski definition) is 2. The van der Waals surface area contributed by atoms with E-state index >= 15 is 0 Å². The van der Waals surface area contributed by atoms with E-state index in [4.69, 9.17) is 40.4 Å². The third-order valence-electron chi connectivity index (χ3n) is 9.05. The number of nitrogens with zero attached hydrogens (tertiary/aromatic N) is 8. The number of nitrogen functional groups attached to an aromatic ring is 2. The molecule has 0 radical (unpaired) electrons. The molecule has 2 fully saturated rings. The zero-order chi connectivity index (χ0) is 34.7. The minimum absolute atomic E-state index is 0.0355. The van der Waals surface area contributed by atoms with Crippen molar-refractivity contribution in [2.45, 2.75) is 19.3 Å². The highest BCUT2D eigenvalue weighted by Crippen LogP contribution is 2.35. The molecule has 2 saturated heterocycles. The van der Waals surface area contributed by atoms with E-state index in [0.717, 1.165) is 0 Å². The van der Waals surface area contributed by atoms with Gasteiger partial charge in [-0.15, -0.1) is 0 Å². The fraction of sp³-hybridized carbons (Fsp3) is 0.455. The van der Waals surface area contributed by atoms with E-state index < -0.39 is 0 Å². The average Bonchev–Trinajstić information content (AvgIpc) is 3.13. The summed E-state index contributed by atoms with van der Waals surface area (Å²) in [6, 6.07) is 7.09. The summed E-state index contributed by atoms with van der Waals surface area (Å²) in [5.74, 6) is 3.99. The highest BCUT2D eigenvalue weighted by Gasteiger charge is 2.26. The minimum atomic E-state index is 0.0355. The lowest BCUT2D eigenvalue weighted by molar-refractivity contribution is -0.133. The second kappa shape index (κ2) is 14.3. The molecule has 2 aliphatic rings. The molecule has 16 nitrogen and oxygen atoms in total. The van der Waals surface area contributed by atoms with Crippen LogP contribution in [-0.4, -0.2) is 122 Å². The molecule has 0 atom stereocenters. The van der Waals surface area contributed by atoms with E-state index in [2.05, 4.69) is 9.97 Å². The van der Waals surface area contributed by atoms with Crippen LogP contribution in [0.4, 0.5) is 23.5 Å². The topological polar surface area (TPSA) is 188 Å². The first-order valence-electron chi connectivity index (χ1n) is 16.2. The average molecular weight is 675 g/mol. The Labute approximate surface area is 283 Å². The van der Waals surface area contributed by atoms with Gasteiger partial charge in [0.2, 0.25) is 23.7 Å². The van der Waals surface area contributed by atoms with Crippen molar-refractivity contribution in [3.05, 3.63) is 24.3 Å². The molecule has 2 aromatic heterocycles. The molecule has 16 heteroatoms. The maximum Gasteiger partial charge on any atom is 0.228 e. The van der Waals surface area contributed by atoms with Crippen molar-refractivity contribution < 1.29 is 28.5 Å². The molecule has 4 N–H and O–H groups in total. The Balaban J connectivity index is 0.964. The summed E-state index contributed by atoms with van der Waals surface area (Å²) in [5.41, 5.74) is 13.8. The van der Waals surface area contributed by atoms with Crippen LogP contribution >= 0.6 is 0 Å². The summed E-state index contributed by atoms with van der Waals surface area (Å²) >= 11 is 0. The molecule has 2 aromatic carbocycles. The molecule has 0 bridgehead atoms. The first kappa shape index (κ1) is 33.4. The molecule has 49 heavy (non-hydrogen) atoms. The molecule has 4 heterocycles. The van der Waals surface area contributed by atoms with Gasteiger partial charge in [0.1, 0.15) is 11.6 Å². The van der Waals surface area contributed by atoms with Crippen molar-refractivity contribution >= 4 is 57.2 Å². The molecular formula is C33H42N10O6. The number of anilines is 4. The zero-order valence-electron chi connectivity index (χ0n) is 28.3. The second-order valence-corrected chi connectivity index (χ2v) is 11.9. The van der Waals surface area contributed by atoms with Crippen molar-refractivity contribution in [3.8, 4) is 23.0 Å². The maximum atomic E-state index is 13.0. The van der Waals surface area contributed by atoms with Crippen molar-refractivity contribution in [1.82, 2.24) is 29.7 Å². The number of benzene rings is 2. The molecule has 0 saturated carbocycles. The van der Waals surface area contributed by atoms with Crippen LogP contribution in [0.25, 0.3) is 21.8 Å². The number of methoxy groups -OCH3 is 4. The van der Waals surface area contributed by atoms with Gasteiger partial charge in [-0.25, -0.2) is 9.97 Å². The number of piperazine rings is 2. The lowest BCUT2D eigenvalue weighted by atomic mass is 10.1. The fourth-order valence-electron chi connectivity index (χ4n) is 6.23. The Kier molecular flexibility index (Phi) is 9.73. The number of rotatable bonds is 10. The van der Waals surface area contributed by atoms with Gasteiger partial charge in [0, 0.05) is 88.1 Å². The van der Waals surface area contributed by atoms with Gasteiger partial charge in [-0.3, -0.25) is 9.59 Å². The van der Waals surface area contributed by atoms with Crippen LogP contribution in [0.15, 0.2) is 24.3 Å². The lowest BCUT2D eigenvalue weighted by Crippen LogP contribution is -2.50. The summed E-state index contributed by atoms with van der Waals surface area (Å²) in [6.45, 7) is 4.41. The van der Waals surface area contributed by atoms with Crippen LogP contribution in [0.2, 0.25) is 0 Å². The summed E-state index contributed by atoms with van der Waals surface area (Å²) in [5, 5.41) is 1.36. The van der Waals surface area contributed by atoms with Crippen molar-refractivity contribution in [2.75, 3.05) is 102 Å². The Morgan fingerprint density at radius 1 is 0.571 bits per heavy atom. The van der Waals surface area contributed by atoms with Gasteiger partial charge in [0.15, 0.2) is 23.0 Å². The highest BCUT2D eigenvalue weighted by molar-refractivity contribution is 5.93. The number of aromatic nitrogens is 4. The zero-order valence-corrected chi connectivity index (χ0v) is 28.3. The number of hydrogen-bond acceptors (Lipinski definition) is 14. The number of nitrogens with two attached hydrogens (primary N) is 2. The predicted octanol–water partition coefficient (Wildman–Crippen LogP) is 1.94. The van der Waals surface area contributed by atoms with Gasteiger partial charge in [-0.2, -0.15) is 9.97 Å². The quantitative estimate of drug-likeness (QED) is 0.248. The number of ether oxygens (including phenoxy) is 4. The molecule has 6 rings (SSSR count). The highest BCUT2D eigenvalue weighted by atomic mass is 16.5. The van der Waals surface area contributed by atoms with E-state index in [-0.39, 0.29) is 11.8 Å². The van der Waals surface area contributed by atoms with E-state index in [9.17, 15) is 9.59 Å². The molecule has 0 aliphatic carbocycles. The van der Waals surface area contributed by atoms with Gasteiger partial charge in [-0.05, 0) is 18.6 Å². The van der Waals surface area contributed by atoms with E-state index in [1.807, 2.05) is 19.6 Å². The third kappa shape index (κ3) is 6.89. The number of amides is 2. The smallest absolute Gasteiger partial charge is 0.228 e. The second-order valence-electron chi connectivity index (χ2n) is 11.9. The largest absolute Gasteiger partial charge is 0.493 e. The Morgan fingerprint density at radius 2 is 0.918 bits per heavy atom. The van der Waals surface area contributed by atoms with Crippen LogP contribution in [-0.2, 0) is 9.59 Å². The normalized spacial score (nSPS) is 15.1. The predicted molar refractivity (Wildman–Crippen MR) is 186 cm³/mol. The molecular weight excluding hydrogens is 632 g/mol. The first-order valence-corrected chi connectivity index (χ1v) is 16.2. The standard InChI is InChI=1S/C33H42N10O6/c1-46-24-16-20-22(18-26(24)48-3)36-32(38-30(20)34)42-12-8-40(9-13-42)28(44)6-5-7-29(45)41-10-14-43(15-11-41)33-37-23-19-27(49-4)25(47-2)17-21(23)31(35)39-33/h16-19H,5-15H2,1-4H3,(H2,34,36,38)(H2,35,37,39). The first-order chi connectivity index (χ1) is 23.7. The number of fused-ring (bicyclic) bond motifs is 2. The third-order valence-corrected chi connectivity index (χ3v) is 9.05. The molecule has 0 spiro atoms. The van der Waals surface area contributed by atoms with Gasteiger partial charge >= 0.3 is 0 Å². The van der Waals surface area contributed by atoms with Crippen molar-refractivity contribution in [3.63, 3.8) is 0 Å². The van der Waals surface area contributed by atoms with Gasteiger partial charge in [0.25, 0.3) is 0 Å². The van der Waals surface area contributed by atoms with Gasteiger partial charge in [-0.1, -0.05) is 0 Å². The van der Waals surface area contributed by atoms with E-state index in [1.165, 1.54) is 0 Å². The lowest BCUT2D eigenvalue weighted by Gasteiger charge is -2.35. The van der Waals surface area contributed by atoms with E-state index in [1.54, 1.807) is 52.7 Å². The summed E-state index contributed by atoms with van der Waals surface area (Å²) in [4.78, 5) is 52.2. The van der Waals surface area contributed by atoms with Crippen LogP contribution in [0.5, 0.6) is 23.0 Å². The molecule has 2 amide bonds. The maximum absolute atomic E-state index is 13.0. The number of carbonyl (C=O) groups excluding carboxylic acids is 2. The SMILES string of the molecule is COc1cc2nc(N3CCN(C(=O)CCCC(=O)N4CCN(c5nc(N)c6cc(OC)c(OC)cc6n5)CC4)CC3)nc(N)c2cc1OC. The summed E-state index contributed by atoms with van der Waals surface area (Å²) < 4.78 is 21.6. The van der Waals surface area contributed by atoms with Crippen LogP contribution in [0, 0.1) is 0 Å². The Hall–Kier alpha value is -5.54. The molecule has 4 aromatic rings. The van der Waals surface area contributed by atoms with Crippen molar-refractivity contribution in [1.29, 1.82) is 0 Å². The van der Waals surface area contributed by atoms with Gasteiger partial charge < -0.3 is 50.0 Å². The molecule has 0 unspecified atom stereocenters. The Morgan fingerprint density at radius 3 is 1.27 bits per heavy atom. The van der Waals surface area contributed by atoms with Crippen LogP contribution < -0.4 is 40.2 Å². The summed E-state index contributed by atoms with van der Waals surface area (Å²) in [7, 11) is 6.26. The monoisotopic (exact) mass is 674 g/mol. The van der Waals surface area contributed by atoms with Crippen molar-refractivity contribution in [2.24, 2.45) is 0 Å². The molecule has 2 aliphatic heterocycles.